The molecule has 1 unspecified atom stereocenters. The van der Waals surface area contributed by atoms with Gasteiger partial charge in [-0.2, -0.15) is 13.2 Å². The first kappa shape index (κ1) is 28.8. The van der Waals surface area contributed by atoms with Crippen LogP contribution in [0, 0.1) is 0 Å². The molecular formula is C29H32F3N5O3S. The van der Waals surface area contributed by atoms with Gasteiger partial charge in [0.05, 0.1) is 17.3 Å². The van der Waals surface area contributed by atoms with Crippen LogP contribution in [0.5, 0.6) is 5.75 Å². The van der Waals surface area contributed by atoms with Gasteiger partial charge in [0.1, 0.15) is 10.8 Å². The van der Waals surface area contributed by atoms with Crippen LogP contribution in [0.3, 0.4) is 0 Å². The van der Waals surface area contributed by atoms with Crippen LogP contribution in [0.15, 0.2) is 59.4 Å². The highest BCUT2D eigenvalue weighted by molar-refractivity contribution is 8.00. The normalized spacial score (nSPS) is 19.5. The second-order valence-electron chi connectivity index (χ2n) is 10.6. The average Bonchev–Trinajstić information content (AvgIpc) is 3.77. The Morgan fingerprint density at radius 1 is 1.22 bits per heavy atom. The Bertz CT molecular complexity index is 1410. The summed E-state index contributed by atoms with van der Waals surface area (Å²) >= 11 is -0.397. The molecule has 5 rings (SSSR count). The molecule has 1 atom stereocenters. The Morgan fingerprint density at radius 2 is 1.98 bits per heavy atom. The Labute approximate surface area is 240 Å². The van der Waals surface area contributed by atoms with Crippen molar-refractivity contribution in [3.8, 4) is 5.75 Å². The van der Waals surface area contributed by atoms with Crippen molar-refractivity contribution in [1.82, 2.24) is 14.8 Å². The molecule has 218 valence electrons. The molecule has 3 heterocycles. The molecule has 41 heavy (non-hydrogen) atoms. The number of carbonyl (C=O) groups excluding carboxylic acids is 2. The summed E-state index contributed by atoms with van der Waals surface area (Å²) in [6.07, 6.45) is 6.34. The van der Waals surface area contributed by atoms with Crippen LogP contribution in [0.2, 0.25) is 0 Å². The minimum absolute atomic E-state index is 0.00633. The molecule has 1 saturated carbocycles. The van der Waals surface area contributed by atoms with Gasteiger partial charge in [0.2, 0.25) is 5.91 Å². The van der Waals surface area contributed by atoms with Gasteiger partial charge in [-0.05, 0) is 67.0 Å². The number of nitrogens with two attached hydrogens (primary N) is 1. The maximum atomic E-state index is 13.8. The quantitative estimate of drug-likeness (QED) is 0.351. The number of aromatic hydroxyl groups is 1. The number of anilines is 2. The third kappa shape index (κ3) is 6.17. The summed E-state index contributed by atoms with van der Waals surface area (Å²) in [6.45, 7) is 4.60. The zero-order valence-corrected chi connectivity index (χ0v) is 23.5. The minimum atomic E-state index is -4.53. The van der Waals surface area contributed by atoms with Crippen molar-refractivity contribution in [3.05, 3.63) is 65.5 Å². The number of pyridine rings is 1. The van der Waals surface area contributed by atoms with E-state index in [0.29, 0.717) is 37.4 Å². The summed E-state index contributed by atoms with van der Waals surface area (Å²) in [4.78, 5) is 35.5. The zero-order valence-electron chi connectivity index (χ0n) is 22.7. The Balaban J connectivity index is 1.49. The molecule has 0 spiro atoms. The highest BCUT2D eigenvalue weighted by atomic mass is 32.2. The Hall–Kier alpha value is -3.67. The third-order valence-electron chi connectivity index (χ3n) is 7.93. The summed E-state index contributed by atoms with van der Waals surface area (Å²) in [6, 6.07) is 6.33. The Kier molecular flexibility index (Phi) is 7.95. The molecule has 2 amide bonds. The predicted molar refractivity (Wildman–Crippen MR) is 152 cm³/mol. The van der Waals surface area contributed by atoms with Crippen LogP contribution in [0.1, 0.15) is 53.9 Å². The van der Waals surface area contributed by atoms with E-state index in [9.17, 15) is 27.9 Å². The fraction of sp³-hybridized carbons (Fsp3) is 0.414. The van der Waals surface area contributed by atoms with Crippen LogP contribution >= 0.6 is 11.8 Å². The van der Waals surface area contributed by atoms with E-state index in [4.69, 9.17) is 5.73 Å². The number of halogens is 3. The van der Waals surface area contributed by atoms with Crippen LogP contribution in [-0.2, 0) is 4.79 Å². The number of benzene rings is 1. The number of phenolic OH excluding ortho intramolecular Hbond substituents is 1. The second kappa shape index (κ2) is 11.3. The van der Waals surface area contributed by atoms with E-state index >= 15 is 0 Å². The number of phenols is 1. The molecule has 12 heteroatoms. The number of nitrogens with zero attached hydrogens (tertiary/aromatic N) is 4. The van der Waals surface area contributed by atoms with Crippen molar-refractivity contribution in [1.29, 1.82) is 0 Å². The number of aromatic nitrogens is 1. The maximum Gasteiger partial charge on any atom is 0.447 e. The smallest absolute Gasteiger partial charge is 0.447 e. The summed E-state index contributed by atoms with van der Waals surface area (Å²) in [7, 11) is 1.89. The predicted octanol–water partition coefficient (Wildman–Crippen LogP) is 5.27. The van der Waals surface area contributed by atoms with Crippen molar-refractivity contribution in [3.63, 3.8) is 0 Å². The molecule has 3 N–H and O–H groups in total. The second-order valence-corrected chi connectivity index (χ2v) is 11.7. The molecule has 1 aromatic carbocycles. The van der Waals surface area contributed by atoms with Crippen LogP contribution < -0.4 is 10.6 Å². The average molecular weight is 588 g/mol. The lowest BCUT2D eigenvalue weighted by molar-refractivity contribution is -0.126. The van der Waals surface area contributed by atoms with E-state index in [-0.39, 0.29) is 41.0 Å². The van der Waals surface area contributed by atoms with Crippen molar-refractivity contribution in [2.75, 3.05) is 37.3 Å². The minimum Gasteiger partial charge on any atom is -0.506 e. The van der Waals surface area contributed by atoms with Crippen molar-refractivity contribution >= 4 is 35.0 Å². The summed E-state index contributed by atoms with van der Waals surface area (Å²) < 4.78 is 38.5. The lowest BCUT2D eigenvalue weighted by Gasteiger charge is -2.42. The molecule has 0 bridgehead atoms. The molecule has 1 aromatic heterocycles. The van der Waals surface area contributed by atoms with Crippen LogP contribution in [0.25, 0.3) is 0 Å². The van der Waals surface area contributed by atoms with E-state index in [1.165, 1.54) is 6.08 Å². The number of hydrogen-bond donors (Lipinski definition) is 2. The van der Waals surface area contributed by atoms with E-state index in [0.717, 1.165) is 41.9 Å². The number of thioether (sulfide) groups is 1. The highest BCUT2D eigenvalue weighted by Gasteiger charge is 2.39. The van der Waals surface area contributed by atoms with Gasteiger partial charge in [-0.3, -0.25) is 9.59 Å². The van der Waals surface area contributed by atoms with Gasteiger partial charge in [0.15, 0.2) is 0 Å². The van der Waals surface area contributed by atoms with Gasteiger partial charge in [-0.25, -0.2) is 4.98 Å². The van der Waals surface area contributed by atoms with Crippen LogP contribution in [-0.4, -0.2) is 69.9 Å². The fourth-order valence-corrected chi connectivity index (χ4v) is 6.29. The molecular weight excluding hydrogens is 555 g/mol. The van der Waals surface area contributed by atoms with Gasteiger partial charge in [-0.1, -0.05) is 12.6 Å². The largest absolute Gasteiger partial charge is 0.506 e. The number of alkyl halides is 3. The summed E-state index contributed by atoms with van der Waals surface area (Å²) in [5, 5.41) is 10.5. The molecule has 1 saturated heterocycles. The number of fused-ring (bicyclic) bond motifs is 1. The molecule has 3 aliphatic rings. The molecule has 2 fully saturated rings. The zero-order chi connectivity index (χ0) is 29.5. The number of amides is 2. The van der Waals surface area contributed by atoms with E-state index in [1.54, 1.807) is 9.80 Å². The van der Waals surface area contributed by atoms with Gasteiger partial charge >= 0.3 is 5.51 Å². The molecule has 8 nitrogen and oxygen atoms in total. The van der Waals surface area contributed by atoms with Gasteiger partial charge in [-0.15, -0.1) is 0 Å². The highest BCUT2D eigenvalue weighted by Crippen LogP contribution is 2.44. The monoisotopic (exact) mass is 587 g/mol. The number of rotatable bonds is 6. The number of likely N-dealkylation sites (tertiary alicyclic amines) is 1. The van der Waals surface area contributed by atoms with Crippen LogP contribution in [0.4, 0.5) is 24.5 Å². The van der Waals surface area contributed by atoms with Gasteiger partial charge in [0.25, 0.3) is 5.91 Å². The number of carbonyl (C=O) groups is 2. The summed E-state index contributed by atoms with van der Waals surface area (Å²) in [5.74, 6) is -0.0264. The number of hydrogen-bond acceptors (Lipinski definition) is 7. The molecule has 1 aliphatic carbocycles. The summed E-state index contributed by atoms with van der Waals surface area (Å²) in [5.41, 5.74) is 5.14. The van der Waals surface area contributed by atoms with Crippen molar-refractivity contribution in [2.45, 2.75) is 54.6 Å². The molecule has 2 aliphatic heterocycles. The maximum absolute atomic E-state index is 13.8. The third-order valence-corrected chi connectivity index (χ3v) is 8.59. The van der Waals surface area contributed by atoms with Crippen molar-refractivity contribution < 1.29 is 27.9 Å². The molecule has 0 radical (unpaired) electrons. The van der Waals surface area contributed by atoms with Gasteiger partial charge in [0, 0.05) is 62.4 Å². The fourth-order valence-electron chi connectivity index (χ4n) is 5.76. The first-order valence-electron chi connectivity index (χ1n) is 13.5. The standard InChI is InChI=1S/C29H32F3N5O3S/c1-3-27(39)36-11-4-5-19-22(35(2)23-9-8-18(13-25(23)38)17-6-7-17)10-12-37(24(19)16-36)28(40)20-15-34-26(14-21(20)33)41-29(30,31)32/h3,8-9,13-15,17,24,38H,1,4-7,10-12,16H2,2H3,(H2,33,34). The van der Waals surface area contributed by atoms with E-state index in [2.05, 4.69) is 11.6 Å². The first-order chi connectivity index (χ1) is 19.5. The SMILES string of the molecule is C=CC(=O)N1CCCC2=C(N(C)c3ccc(C4CC4)cc3O)CCN(C(=O)c3cnc(SC(F)(F)F)cc3N)C2C1. The van der Waals surface area contributed by atoms with Crippen molar-refractivity contribution in [2.24, 2.45) is 0 Å². The first-order valence-corrected chi connectivity index (χ1v) is 14.3. The lowest BCUT2D eigenvalue weighted by atomic mass is 9.92. The molecule has 2 aromatic rings. The van der Waals surface area contributed by atoms with Gasteiger partial charge < -0.3 is 25.5 Å². The number of nitrogen functional groups attached to an aromatic ring is 1. The topological polar surface area (TPSA) is 103 Å². The van der Waals surface area contributed by atoms with E-state index < -0.39 is 29.2 Å². The Morgan fingerprint density at radius 3 is 2.61 bits per heavy atom. The lowest BCUT2D eigenvalue weighted by Crippen LogP contribution is -2.51. The van der Waals surface area contributed by atoms with E-state index in [1.807, 2.05) is 30.1 Å².